The first-order valence-corrected chi connectivity index (χ1v) is 9.35. The lowest BCUT2D eigenvalue weighted by molar-refractivity contribution is -0.160. The lowest BCUT2D eigenvalue weighted by Crippen LogP contribution is -2.24. The van der Waals surface area contributed by atoms with Gasteiger partial charge in [-0.15, -0.1) is 0 Å². The average Bonchev–Trinajstić information content (AvgIpc) is 2.51. The Morgan fingerprint density at radius 2 is 1.71 bits per heavy atom. The number of nitrogens with one attached hydrogen (secondary N) is 1. The summed E-state index contributed by atoms with van der Waals surface area (Å²) in [7, 11) is -3.66. The van der Waals surface area contributed by atoms with Gasteiger partial charge < -0.3 is 9.47 Å². The van der Waals surface area contributed by atoms with E-state index >= 15 is 0 Å². The first kappa shape index (κ1) is 23.1. The van der Waals surface area contributed by atoms with Crippen LogP contribution in [-0.4, -0.2) is 38.2 Å². The summed E-state index contributed by atoms with van der Waals surface area (Å²) in [6.45, 7) is 7.29. The van der Waals surface area contributed by atoms with E-state index in [4.69, 9.17) is 30.3 Å². The van der Waals surface area contributed by atoms with Crippen molar-refractivity contribution >= 4 is 31.3 Å². The zero-order valence-corrected chi connectivity index (χ0v) is 16.2. The maximum Gasteiger partial charge on any atom is 0.337 e. The number of halogens is 1. The topological polar surface area (TPSA) is 100 Å². The van der Waals surface area contributed by atoms with Gasteiger partial charge in [-0.3, -0.25) is 18.4 Å². The van der Waals surface area contributed by atoms with E-state index in [1.54, 1.807) is 40.7 Å². The summed E-state index contributed by atoms with van der Waals surface area (Å²) in [5.41, 5.74) is -0.332. The van der Waals surface area contributed by atoms with Crippen molar-refractivity contribution in [3.05, 3.63) is 11.6 Å². The first-order chi connectivity index (χ1) is 11.1. The van der Waals surface area contributed by atoms with Gasteiger partial charge in [0.2, 0.25) is 13.6 Å². The van der Waals surface area contributed by atoms with Crippen LogP contribution >= 0.6 is 19.4 Å². The van der Waals surface area contributed by atoms with E-state index in [2.05, 4.69) is 4.84 Å². The van der Waals surface area contributed by atoms with Crippen LogP contribution in [0.2, 0.25) is 0 Å². The zero-order valence-electron chi connectivity index (χ0n) is 14.6. The Morgan fingerprint density at radius 1 is 1.17 bits per heavy atom. The molecule has 0 aromatic rings. The molecule has 1 N–H and O–H groups in total. The number of carbonyl (C=O) groups excluding carboxylic acids is 2. The Balaban J connectivity index is 4.53. The molecule has 0 amide bonds. The van der Waals surface area contributed by atoms with Crippen LogP contribution in [0.15, 0.2) is 11.6 Å². The minimum Gasteiger partial charge on any atom is -0.438 e. The predicted octanol–water partition coefficient (Wildman–Crippen LogP) is 2.97. The van der Waals surface area contributed by atoms with Crippen LogP contribution in [-0.2, 0) is 32.7 Å². The number of ether oxygens (including phenoxy) is 2. The molecule has 0 aliphatic rings. The van der Waals surface area contributed by atoms with Gasteiger partial charge in [-0.25, -0.2) is 9.63 Å². The highest BCUT2D eigenvalue weighted by Crippen LogP contribution is 2.47. The van der Waals surface area contributed by atoms with Gasteiger partial charge in [-0.05, 0) is 46.4 Å². The molecule has 0 fully saturated rings. The minimum absolute atomic E-state index is 0.0935. The number of hydrogen-bond acceptors (Lipinski definition) is 8. The molecule has 1 unspecified atom stereocenters. The van der Waals surface area contributed by atoms with E-state index in [1.165, 1.54) is 0 Å². The molecular formula is C14H25ClNO7P. The summed E-state index contributed by atoms with van der Waals surface area (Å²) in [4.78, 5) is 25.4. The molecule has 0 rings (SSSR count). The second-order valence-electron chi connectivity index (χ2n) is 5.80. The Kier molecular flexibility index (Phi) is 10.4. The minimum atomic E-state index is -3.66. The molecule has 0 bridgehead atoms. The van der Waals surface area contributed by atoms with Crippen molar-refractivity contribution in [3.8, 4) is 0 Å². The third kappa shape index (κ3) is 9.39. The maximum absolute atomic E-state index is 12.5. The molecule has 0 aliphatic heterocycles. The van der Waals surface area contributed by atoms with Crippen molar-refractivity contribution in [1.29, 1.82) is 0 Å². The highest BCUT2D eigenvalue weighted by molar-refractivity contribution is 7.53. The first-order valence-electron chi connectivity index (χ1n) is 7.24. The molecule has 0 aromatic heterocycles. The van der Waals surface area contributed by atoms with E-state index in [0.29, 0.717) is 5.57 Å². The summed E-state index contributed by atoms with van der Waals surface area (Å²) in [5, 5.41) is 0. The Morgan fingerprint density at radius 3 is 2.17 bits per heavy atom. The lowest BCUT2D eigenvalue weighted by Gasteiger charge is -2.20. The molecule has 8 nitrogen and oxygen atoms in total. The Labute approximate surface area is 147 Å². The standard InChI is InChI=1S/C14H25ClNO7P/c1-6-11(2)12(17)20-9-22-24(19,8-7-16-15)23-10-21-13(18)14(3,4)5/h6,16H,7-10H2,1-5H3/b11-6+. The monoisotopic (exact) mass is 385 g/mol. The normalized spacial score (nSPS) is 14.8. The molecule has 24 heavy (non-hydrogen) atoms. The van der Waals surface area contributed by atoms with Crippen LogP contribution in [0, 0.1) is 5.41 Å². The van der Waals surface area contributed by atoms with Gasteiger partial charge in [0.05, 0.1) is 11.6 Å². The van der Waals surface area contributed by atoms with Gasteiger partial charge in [0.25, 0.3) is 0 Å². The second kappa shape index (κ2) is 10.8. The van der Waals surface area contributed by atoms with Crippen molar-refractivity contribution in [1.82, 2.24) is 4.84 Å². The fraction of sp³-hybridized carbons (Fsp3) is 0.714. The van der Waals surface area contributed by atoms with Gasteiger partial charge in [0.1, 0.15) is 0 Å². The highest BCUT2D eigenvalue weighted by Gasteiger charge is 2.28. The molecule has 140 valence electrons. The number of esters is 2. The molecule has 0 aliphatic carbocycles. The molecule has 0 saturated carbocycles. The lowest BCUT2D eigenvalue weighted by atomic mass is 9.98. The summed E-state index contributed by atoms with van der Waals surface area (Å²) < 4.78 is 32.3. The largest absolute Gasteiger partial charge is 0.438 e. The van der Waals surface area contributed by atoms with Crippen LogP contribution in [0.5, 0.6) is 0 Å². The molecule has 10 heteroatoms. The van der Waals surface area contributed by atoms with Gasteiger partial charge >= 0.3 is 19.5 Å². The molecular weight excluding hydrogens is 361 g/mol. The molecule has 0 saturated heterocycles. The van der Waals surface area contributed by atoms with Gasteiger partial charge in [-0.2, -0.15) is 0 Å². The summed E-state index contributed by atoms with van der Waals surface area (Å²) in [6.07, 6.45) is 1.48. The molecule has 0 radical (unpaired) electrons. The van der Waals surface area contributed by atoms with Crippen molar-refractivity contribution in [2.24, 2.45) is 5.41 Å². The van der Waals surface area contributed by atoms with Gasteiger partial charge in [0, 0.05) is 12.1 Å². The zero-order chi connectivity index (χ0) is 18.8. The van der Waals surface area contributed by atoms with Crippen molar-refractivity contribution in [2.45, 2.75) is 34.6 Å². The second-order valence-corrected chi connectivity index (χ2v) is 8.25. The van der Waals surface area contributed by atoms with Crippen molar-refractivity contribution in [2.75, 3.05) is 26.3 Å². The fourth-order valence-electron chi connectivity index (χ4n) is 1.11. The third-order valence-corrected chi connectivity index (χ3v) is 4.68. The Bertz CT molecular complexity index is 502. The summed E-state index contributed by atoms with van der Waals surface area (Å²) in [5.74, 6) is -1.11. The Hall–Kier alpha value is -0.920. The van der Waals surface area contributed by atoms with Gasteiger partial charge in [0.15, 0.2) is 0 Å². The molecule has 0 aromatic carbocycles. The number of carbonyl (C=O) groups is 2. The number of allylic oxidation sites excluding steroid dienone is 1. The maximum atomic E-state index is 12.5. The summed E-state index contributed by atoms with van der Waals surface area (Å²) >= 11 is 5.34. The van der Waals surface area contributed by atoms with Crippen molar-refractivity contribution < 1.29 is 32.7 Å². The van der Waals surface area contributed by atoms with E-state index in [9.17, 15) is 14.2 Å². The van der Waals surface area contributed by atoms with Gasteiger partial charge in [-0.1, -0.05) is 6.08 Å². The van der Waals surface area contributed by atoms with Crippen molar-refractivity contribution in [3.63, 3.8) is 0 Å². The molecule has 0 heterocycles. The van der Waals surface area contributed by atoms with E-state index < -0.39 is 38.5 Å². The molecule has 0 spiro atoms. The fourth-order valence-corrected chi connectivity index (χ4v) is 2.49. The SMILES string of the molecule is C/C=C(\C)C(=O)OCOP(=O)(CCNCl)OCOC(=O)C(C)(C)C. The number of rotatable bonds is 10. The van der Waals surface area contributed by atoms with Crippen LogP contribution in [0.4, 0.5) is 0 Å². The summed E-state index contributed by atoms with van der Waals surface area (Å²) in [6, 6.07) is 0. The average molecular weight is 386 g/mol. The van der Waals surface area contributed by atoms with Crippen LogP contribution in [0.3, 0.4) is 0 Å². The van der Waals surface area contributed by atoms with E-state index in [-0.39, 0.29) is 12.7 Å². The molecule has 1 atom stereocenters. The predicted molar refractivity (Wildman–Crippen MR) is 89.3 cm³/mol. The quantitative estimate of drug-likeness (QED) is 0.201. The smallest absolute Gasteiger partial charge is 0.337 e. The van der Waals surface area contributed by atoms with Crippen LogP contribution < -0.4 is 4.84 Å². The van der Waals surface area contributed by atoms with Crippen LogP contribution in [0.1, 0.15) is 34.6 Å². The highest BCUT2D eigenvalue weighted by atomic mass is 35.5. The third-order valence-electron chi connectivity index (χ3n) is 2.73. The number of hydrogen-bond donors (Lipinski definition) is 1. The van der Waals surface area contributed by atoms with E-state index in [1.807, 2.05) is 0 Å². The van der Waals surface area contributed by atoms with E-state index in [0.717, 1.165) is 0 Å². The van der Waals surface area contributed by atoms with Crippen LogP contribution in [0.25, 0.3) is 0 Å².